The van der Waals surface area contributed by atoms with Gasteiger partial charge in [-0.2, -0.15) is 0 Å². The summed E-state index contributed by atoms with van der Waals surface area (Å²) in [5.74, 6) is -0.833. The molecule has 3 aromatic rings. The Bertz CT molecular complexity index is 1430. The van der Waals surface area contributed by atoms with Gasteiger partial charge in [-0.3, -0.25) is 13.9 Å². The standard InChI is InChI=1S/C30H35Cl2N3O4S/c1-5-22(4)33-30(37)27(6-2)34(19-23-13-11-10-12-21(23)3)29(36)20-35(28-17-16-24(31)18-26(28)32)40(38,39)25-14-8-7-9-15-25/h7-18,22,27H,5-6,19-20H2,1-4H3,(H,33,37)/t22-,27-/m1/s1. The lowest BCUT2D eigenvalue weighted by molar-refractivity contribution is -0.140. The molecule has 0 aromatic heterocycles. The molecule has 1 N–H and O–H groups in total. The Morgan fingerprint density at radius 3 is 2.17 bits per heavy atom. The molecular formula is C30H35Cl2N3O4S. The normalized spacial score (nSPS) is 12.8. The van der Waals surface area contributed by atoms with E-state index in [-0.39, 0.29) is 34.1 Å². The van der Waals surface area contributed by atoms with Crippen molar-refractivity contribution in [2.24, 2.45) is 0 Å². The number of nitrogens with one attached hydrogen (secondary N) is 1. The van der Waals surface area contributed by atoms with E-state index in [9.17, 15) is 18.0 Å². The highest BCUT2D eigenvalue weighted by molar-refractivity contribution is 7.92. The summed E-state index contributed by atoms with van der Waals surface area (Å²) in [6.07, 6.45) is 1.07. The molecule has 7 nitrogen and oxygen atoms in total. The Morgan fingerprint density at radius 1 is 0.925 bits per heavy atom. The molecule has 0 bridgehead atoms. The summed E-state index contributed by atoms with van der Waals surface area (Å²) >= 11 is 12.6. The van der Waals surface area contributed by atoms with Crippen LogP contribution in [0.25, 0.3) is 0 Å². The minimum absolute atomic E-state index is 0.000764. The van der Waals surface area contributed by atoms with Gasteiger partial charge in [0.05, 0.1) is 15.6 Å². The van der Waals surface area contributed by atoms with Gasteiger partial charge in [-0.25, -0.2) is 8.42 Å². The van der Waals surface area contributed by atoms with Crippen molar-refractivity contribution in [2.45, 2.75) is 64.1 Å². The van der Waals surface area contributed by atoms with Gasteiger partial charge in [0, 0.05) is 17.6 Å². The quantitative estimate of drug-likeness (QED) is 0.266. The van der Waals surface area contributed by atoms with Crippen molar-refractivity contribution in [2.75, 3.05) is 10.8 Å². The van der Waals surface area contributed by atoms with Crippen molar-refractivity contribution in [1.82, 2.24) is 10.2 Å². The minimum atomic E-state index is -4.22. The number of rotatable bonds is 12. The molecule has 0 heterocycles. The monoisotopic (exact) mass is 603 g/mol. The first-order valence-electron chi connectivity index (χ1n) is 13.2. The van der Waals surface area contributed by atoms with Gasteiger partial charge < -0.3 is 10.2 Å². The number of hydrogen-bond acceptors (Lipinski definition) is 4. The van der Waals surface area contributed by atoms with Gasteiger partial charge in [-0.05, 0) is 68.1 Å². The lowest BCUT2D eigenvalue weighted by atomic mass is 10.1. The van der Waals surface area contributed by atoms with Crippen LogP contribution >= 0.6 is 23.2 Å². The molecular weight excluding hydrogens is 569 g/mol. The summed E-state index contributed by atoms with van der Waals surface area (Å²) in [6.45, 7) is 7.17. The van der Waals surface area contributed by atoms with E-state index >= 15 is 0 Å². The zero-order chi connectivity index (χ0) is 29.4. The molecule has 0 spiro atoms. The first kappa shape index (κ1) is 31.5. The van der Waals surface area contributed by atoms with Crippen LogP contribution in [0.5, 0.6) is 0 Å². The van der Waals surface area contributed by atoms with Gasteiger partial charge in [0.2, 0.25) is 11.8 Å². The number of nitrogens with zero attached hydrogens (tertiary/aromatic N) is 2. The van der Waals surface area contributed by atoms with Crippen LogP contribution in [0.4, 0.5) is 5.69 Å². The van der Waals surface area contributed by atoms with Crippen LogP contribution in [0.3, 0.4) is 0 Å². The second-order valence-electron chi connectivity index (χ2n) is 9.61. The highest BCUT2D eigenvalue weighted by Gasteiger charge is 2.34. The summed E-state index contributed by atoms with van der Waals surface area (Å²) in [6, 6.07) is 18.9. The number of sulfonamides is 1. The van der Waals surface area contributed by atoms with Crippen LogP contribution in [0.2, 0.25) is 10.0 Å². The van der Waals surface area contributed by atoms with Crippen molar-refractivity contribution in [3.05, 3.63) is 94.0 Å². The predicted molar refractivity (Wildman–Crippen MR) is 161 cm³/mol. The van der Waals surface area contributed by atoms with Gasteiger partial charge in [-0.15, -0.1) is 0 Å². The number of halogens is 2. The summed E-state index contributed by atoms with van der Waals surface area (Å²) in [7, 11) is -4.22. The third-order valence-electron chi connectivity index (χ3n) is 6.78. The molecule has 0 fully saturated rings. The highest BCUT2D eigenvalue weighted by atomic mass is 35.5. The van der Waals surface area contributed by atoms with Crippen LogP contribution in [0.15, 0.2) is 77.7 Å². The van der Waals surface area contributed by atoms with Crippen LogP contribution in [0.1, 0.15) is 44.7 Å². The Hall–Kier alpha value is -3.07. The molecule has 0 aliphatic rings. The summed E-state index contributed by atoms with van der Waals surface area (Å²) in [5, 5.41) is 3.37. The number of aryl methyl sites for hydroxylation is 1. The van der Waals surface area contributed by atoms with E-state index in [0.29, 0.717) is 11.4 Å². The van der Waals surface area contributed by atoms with Crippen molar-refractivity contribution < 1.29 is 18.0 Å². The van der Waals surface area contributed by atoms with Crippen LogP contribution in [0, 0.1) is 6.92 Å². The van der Waals surface area contributed by atoms with E-state index < -0.39 is 28.5 Å². The predicted octanol–water partition coefficient (Wildman–Crippen LogP) is 6.22. The fourth-order valence-electron chi connectivity index (χ4n) is 4.25. The van der Waals surface area contributed by atoms with Gasteiger partial charge in [0.15, 0.2) is 0 Å². The van der Waals surface area contributed by atoms with Crippen molar-refractivity contribution in [1.29, 1.82) is 0 Å². The number of benzene rings is 3. The SMILES string of the molecule is CC[C@@H](C)NC(=O)[C@@H](CC)N(Cc1ccccc1C)C(=O)CN(c1ccc(Cl)cc1Cl)S(=O)(=O)c1ccccc1. The second kappa shape index (κ2) is 14.0. The maximum Gasteiger partial charge on any atom is 0.264 e. The molecule has 214 valence electrons. The molecule has 40 heavy (non-hydrogen) atoms. The number of amides is 2. The molecule has 3 rings (SSSR count). The number of carbonyl (C=O) groups is 2. The molecule has 2 atom stereocenters. The first-order valence-corrected chi connectivity index (χ1v) is 15.4. The van der Waals surface area contributed by atoms with E-state index in [1.54, 1.807) is 18.2 Å². The van der Waals surface area contributed by atoms with E-state index in [1.807, 2.05) is 52.0 Å². The maximum atomic E-state index is 14.1. The third kappa shape index (κ3) is 7.56. The average molecular weight is 605 g/mol. The molecule has 0 unspecified atom stereocenters. The fourth-order valence-corrected chi connectivity index (χ4v) is 6.26. The van der Waals surface area contributed by atoms with E-state index in [0.717, 1.165) is 21.9 Å². The Labute approximate surface area is 247 Å². The van der Waals surface area contributed by atoms with Crippen molar-refractivity contribution >= 4 is 50.7 Å². The molecule has 0 aliphatic heterocycles. The Balaban J connectivity index is 2.09. The molecule has 3 aromatic carbocycles. The summed E-state index contributed by atoms with van der Waals surface area (Å²) < 4.78 is 28.7. The number of hydrogen-bond donors (Lipinski definition) is 1. The summed E-state index contributed by atoms with van der Waals surface area (Å²) in [4.78, 5) is 28.9. The van der Waals surface area contributed by atoms with Gasteiger partial charge >= 0.3 is 0 Å². The molecule has 2 amide bonds. The first-order chi connectivity index (χ1) is 19.0. The fraction of sp³-hybridized carbons (Fsp3) is 0.333. The van der Waals surface area contributed by atoms with Crippen molar-refractivity contribution in [3.8, 4) is 0 Å². The number of carbonyl (C=O) groups excluding carboxylic acids is 2. The topological polar surface area (TPSA) is 86.8 Å². The Kier molecular flexibility index (Phi) is 11.0. The second-order valence-corrected chi connectivity index (χ2v) is 12.3. The molecule has 0 radical (unpaired) electrons. The highest BCUT2D eigenvalue weighted by Crippen LogP contribution is 2.33. The Morgan fingerprint density at radius 2 is 1.57 bits per heavy atom. The molecule has 10 heteroatoms. The largest absolute Gasteiger partial charge is 0.352 e. The zero-order valence-corrected chi connectivity index (χ0v) is 25.4. The smallest absolute Gasteiger partial charge is 0.264 e. The average Bonchev–Trinajstić information content (AvgIpc) is 2.93. The van der Waals surface area contributed by atoms with Gasteiger partial charge in [0.1, 0.15) is 12.6 Å². The van der Waals surface area contributed by atoms with E-state index in [1.165, 1.54) is 35.2 Å². The molecule has 0 saturated carbocycles. The van der Waals surface area contributed by atoms with Crippen LogP contribution in [-0.4, -0.2) is 43.8 Å². The zero-order valence-electron chi connectivity index (χ0n) is 23.1. The molecule has 0 saturated heterocycles. The lowest BCUT2D eigenvalue weighted by Gasteiger charge is -2.34. The van der Waals surface area contributed by atoms with Crippen LogP contribution in [-0.2, 0) is 26.2 Å². The molecule has 0 aliphatic carbocycles. The maximum absolute atomic E-state index is 14.1. The third-order valence-corrected chi connectivity index (χ3v) is 9.09. The number of anilines is 1. The summed E-state index contributed by atoms with van der Waals surface area (Å²) in [5.41, 5.74) is 1.91. The van der Waals surface area contributed by atoms with Crippen LogP contribution < -0.4 is 9.62 Å². The minimum Gasteiger partial charge on any atom is -0.352 e. The van der Waals surface area contributed by atoms with Crippen molar-refractivity contribution in [3.63, 3.8) is 0 Å². The van der Waals surface area contributed by atoms with E-state index in [4.69, 9.17) is 23.2 Å². The van der Waals surface area contributed by atoms with E-state index in [2.05, 4.69) is 5.32 Å². The van der Waals surface area contributed by atoms with Gasteiger partial charge in [0.25, 0.3) is 10.0 Å². The lowest BCUT2D eigenvalue weighted by Crippen LogP contribution is -2.53. The van der Waals surface area contributed by atoms with Gasteiger partial charge in [-0.1, -0.05) is 79.5 Å².